The molecular formula is C24H44N2O2. The van der Waals surface area contributed by atoms with E-state index in [1.807, 2.05) is 0 Å². The molecule has 2 amide bonds. The van der Waals surface area contributed by atoms with Crippen LogP contribution in [-0.4, -0.2) is 47.8 Å². The second-order valence-electron chi connectivity index (χ2n) is 9.46. The Balaban J connectivity index is 1.36. The van der Waals surface area contributed by atoms with Crippen LogP contribution in [0.5, 0.6) is 0 Å². The summed E-state index contributed by atoms with van der Waals surface area (Å²) in [4.78, 5) is 28.5. The fourth-order valence-electron chi connectivity index (χ4n) is 4.45. The van der Waals surface area contributed by atoms with Gasteiger partial charge in [-0.2, -0.15) is 0 Å². The van der Waals surface area contributed by atoms with E-state index >= 15 is 0 Å². The summed E-state index contributed by atoms with van der Waals surface area (Å²) in [5.74, 6) is 2.32. The van der Waals surface area contributed by atoms with Crippen molar-refractivity contribution >= 4 is 11.8 Å². The minimum Gasteiger partial charge on any atom is -0.343 e. The van der Waals surface area contributed by atoms with Crippen LogP contribution < -0.4 is 0 Å². The number of piperidine rings is 2. The summed E-state index contributed by atoms with van der Waals surface area (Å²) in [6, 6.07) is 0. The summed E-state index contributed by atoms with van der Waals surface area (Å²) < 4.78 is 0. The molecule has 0 aromatic rings. The molecule has 0 spiro atoms. The maximum atomic E-state index is 12.2. The molecular weight excluding hydrogens is 348 g/mol. The average Bonchev–Trinajstić information content (AvgIpc) is 2.70. The summed E-state index contributed by atoms with van der Waals surface area (Å²) in [6.45, 7) is 8.46. The van der Waals surface area contributed by atoms with Crippen molar-refractivity contribution in [2.24, 2.45) is 11.8 Å². The Kier molecular flexibility index (Phi) is 11.0. The summed E-state index contributed by atoms with van der Waals surface area (Å²) >= 11 is 0. The van der Waals surface area contributed by atoms with Gasteiger partial charge in [0.15, 0.2) is 0 Å². The SMILES string of the molecule is CC1CCN(C(=O)CCCCCCCCCCC(=O)N2CCC(C)CC2)CC1. The molecule has 0 radical (unpaired) electrons. The van der Waals surface area contributed by atoms with Gasteiger partial charge in [-0.15, -0.1) is 0 Å². The lowest BCUT2D eigenvalue weighted by atomic mass is 9.98. The molecule has 0 atom stereocenters. The molecule has 2 aliphatic heterocycles. The highest BCUT2D eigenvalue weighted by Crippen LogP contribution is 2.19. The van der Waals surface area contributed by atoms with Crippen molar-refractivity contribution in [1.82, 2.24) is 9.80 Å². The first-order valence-electron chi connectivity index (χ1n) is 12.1. The monoisotopic (exact) mass is 392 g/mol. The first-order chi connectivity index (χ1) is 13.6. The lowest BCUT2D eigenvalue weighted by Gasteiger charge is -2.30. The smallest absolute Gasteiger partial charge is 0.222 e. The fourth-order valence-corrected chi connectivity index (χ4v) is 4.45. The van der Waals surface area contributed by atoms with Gasteiger partial charge in [-0.25, -0.2) is 0 Å². The van der Waals surface area contributed by atoms with Crippen molar-refractivity contribution in [2.45, 2.75) is 104 Å². The number of likely N-dealkylation sites (tertiary alicyclic amines) is 2. The first-order valence-corrected chi connectivity index (χ1v) is 12.1. The van der Waals surface area contributed by atoms with Crippen LogP contribution in [0.15, 0.2) is 0 Å². The second kappa shape index (κ2) is 13.2. The van der Waals surface area contributed by atoms with Gasteiger partial charge in [-0.1, -0.05) is 52.4 Å². The van der Waals surface area contributed by atoms with E-state index in [1.165, 1.54) is 64.2 Å². The molecule has 28 heavy (non-hydrogen) atoms. The maximum absolute atomic E-state index is 12.2. The molecule has 2 aliphatic rings. The van der Waals surface area contributed by atoms with E-state index in [0.29, 0.717) is 11.8 Å². The largest absolute Gasteiger partial charge is 0.343 e. The third-order valence-electron chi connectivity index (χ3n) is 6.80. The number of nitrogens with zero attached hydrogens (tertiary/aromatic N) is 2. The molecule has 2 heterocycles. The maximum Gasteiger partial charge on any atom is 0.222 e. The van der Waals surface area contributed by atoms with Crippen LogP contribution in [0.3, 0.4) is 0 Å². The minimum absolute atomic E-state index is 0.375. The zero-order chi connectivity index (χ0) is 20.2. The Morgan fingerprint density at radius 1 is 0.571 bits per heavy atom. The Morgan fingerprint density at radius 3 is 1.18 bits per heavy atom. The molecule has 0 saturated carbocycles. The molecule has 0 aromatic heterocycles. The van der Waals surface area contributed by atoms with Crippen LogP contribution in [0.4, 0.5) is 0 Å². The summed E-state index contributed by atoms with van der Waals surface area (Å²) in [6.07, 6.45) is 15.7. The van der Waals surface area contributed by atoms with Crippen LogP contribution in [0.1, 0.15) is 104 Å². The van der Waals surface area contributed by atoms with E-state index in [1.54, 1.807) is 0 Å². The number of amides is 2. The molecule has 0 aliphatic carbocycles. The van der Waals surface area contributed by atoms with Crippen molar-refractivity contribution in [3.05, 3.63) is 0 Å². The number of hydrogen-bond acceptors (Lipinski definition) is 2. The molecule has 2 fully saturated rings. The molecule has 0 bridgehead atoms. The van der Waals surface area contributed by atoms with E-state index in [9.17, 15) is 9.59 Å². The highest BCUT2D eigenvalue weighted by atomic mass is 16.2. The third-order valence-corrected chi connectivity index (χ3v) is 6.80. The topological polar surface area (TPSA) is 40.6 Å². The molecule has 2 rings (SSSR count). The van der Waals surface area contributed by atoms with Gasteiger partial charge in [0.1, 0.15) is 0 Å². The zero-order valence-corrected chi connectivity index (χ0v) is 18.6. The molecule has 0 N–H and O–H groups in total. The standard InChI is InChI=1S/C24H44N2O2/c1-21-13-17-25(18-14-21)23(27)11-9-7-5-3-4-6-8-10-12-24(28)26-19-15-22(2)16-20-26/h21-22H,3-20H2,1-2H3. The van der Waals surface area contributed by atoms with E-state index in [-0.39, 0.29) is 0 Å². The number of rotatable bonds is 11. The van der Waals surface area contributed by atoms with Gasteiger partial charge in [0, 0.05) is 39.0 Å². The van der Waals surface area contributed by atoms with E-state index in [4.69, 9.17) is 0 Å². The zero-order valence-electron chi connectivity index (χ0n) is 18.6. The fraction of sp³-hybridized carbons (Fsp3) is 0.917. The average molecular weight is 393 g/mol. The van der Waals surface area contributed by atoms with Gasteiger partial charge in [0.05, 0.1) is 0 Å². The molecule has 162 valence electrons. The van der Waals surface area contributed by atoms with Crippen LogP contribution in [-0.2, 0) is 9.59 Å². The van der Waals surface area contributed by atoms with Crippen LogP contribution in [0.2, 0.25) is 0 Å². The second-order valence-corrected chi connectivity index (χ2v) is 9.46. The number of carbonyl (C=O) groups is 2. The van der Waals surface area contributed by atoms with Gasteiger partial charge >= 0.3 is 0 Å². The van der Waals surface area contributed by atoms with Gasteiger partial charge in [-0.05, 0) is 50.4 Å². The van der Waals surface area contributed by atoms with E-state index in [2.05, 4.69) is 23.6 Å². The lowest BCUT2D eigenvalue weighted by molar-refractivity contribution is -0.133. The van der Waals surface area contributed by atoms with E-state index in [0.717, 1.165) is 63.7 Å². The van der Waals surface area contributed by atoms with Crippen molar-refractivity contribution in [2.75, 3.05) is 26.2 Å². The predicted molar refractivity (Wildman–Crippen MR) is 116 cm³/mol. The number of carbonyl (C=O) groups excluding carboxylic acids is 2. The van der Waals surface area contributed by atoms with Crippen molar-refractivity contribution in [3.8, 4) is 0 Å². The molecule has 2 saturated heterocycles. The Bertz CT molecular complexity index is 408. The highest BCUT2D eigenvalue weighted by Gasteiger charge is 2.20. The number of hydrogen-bond donors (Lipinski definition) is 0. The Morgan fingerprint density at radius 2 is 0.857 bits per heavy atom. The molecule has 4 heteroatoms. The van der Waals surface area contributed by atoms with Gasteiger partial charge < -0.3 is 9.80 Å². The molecule has 4 nitrogen and oxygen atoms in total. The highest BCUT2D eigenvalue weighted by molar-refractivity contribution is 5.76. The van der Waals surface area contributed by atoms with Crippen molar-refractivity contribution in [3.63, 3.8) is 0 Å². The lowest BCUT2D eigenvalue weighted by Crippen LogP contribution is -2.37. The summed E-state index contributed by atoms with van der Waals surface area (Å²) in [5, 5.41) is 0. The van der Waals surface area contributed by atoms with Crippen molar-refractivity contribution in [1.29, 1.82) is 0 Å². The predicted octanol–water partition coefficient (Wildman–Crippen LogP) is 5.40. The minimum atomic E-state index is 0.375. The van der Waals surface area contributed by atoms with Crippen LogP contribution >= 0.6 is 0 Å². The normalized spacial score (nSPS) is 19.2. The van der Waals surface area contributed by atoms with Crippen LogP contribution in [0.25, 0.3) is 0 Å². The Labute approximate surface area is 173 Å². The molecule has 0 unspecified atom stereocenters. The van der Waals surface area contributed by atoms with Crippen LogP contribution in [0, 0.1) is 11.8 Å². The summed E-state index contributed by atoms with van der Waals surface area (Å²) in [7, 11) is 0. The summed E-state index contributed by atoms with van der Waals surface area (Å²) in [5.41, 5.74) is 0. The van der Waals surface area contributed by atoms with Gasteiger partial charge in [0.25, 0.3) is 0 Å². The molecule has 0 aromatic carbocycles. The van der Waals surface area contributed by atoms with Gasteiger partial charge in [0.2, 0.25) is 11.8 Å². The third kappa shape index (κ3) is 8.96. The number of unbranched alkanes of at least 4 members (excludes halogenated alkanes) is 7. The van der Waals surface area contributed by atoms with Crippen molar-refractivity contribution < 1.29 is 9.59 Å². The quantitative estimate of drug-likeness (QED) is 0.441. The Hall–Kier alpha value is -1.06. The van der Waals surface area contributed by atoms with Gasteiger partial charge in [-0.3, -0.25) is 9.59 Å². The van der Waals surface area contributed by atoms with E-state index < -0.39 is 0 Å². The first kappa shape index (κ1) is 23.2.